The van der Waals surface area contributed by atoms with E-state index >= 15 is 0 Å². The molecule has 5 nitrogen and oxygen atoms in total. The van der Waals surface area contributed by atoms with Gasteiger partial charge in [-0.1, -0.05) is 22.0 Å². The molecule has 1 atom stereocenters. The smallest absolute Gasteiger partial charge is 0.264 e. The van der Waals surface area contributed by atoms with Gasteiger partial charge in [0.1, 0.15) is 5.69 Å². The molecule has 2 aromatic rings. The second kappa shape index (κ2) is 5.86. The van der Waals surface area contributed by atoms with E-state index in [0.29, 0.717) is 17.8 Å². The number of carbonyl (C=O) groups excluding carboxylic acids is 2. The minimum absolute atomic E-state index is 0.236. The van der Waals surface area contributed by atoms with Crippen molar-refractivity contribution in [3.05, 3.63) is 58.3 Å². The van der Waals surface area contributed by atoms with Gasteiger partial charge >= 0.3 is 0 Å². The fourth-order valence-electron chi connectivity index (χ4n) is 2.86. The SMILES string of the molecule is CCN1C(=O)[C@](O)(CC(=O)c2ccccn2)c2cc(Br)ccc21. The summed E-state index contributed by atoms with van der Waals surface area (Å²) in [7, 11) is 0. The Balaban J connectivity index is 2.02. The Hall–Kier alpha value is -2.05. The highest BCUT2D eigenvalue weighted by Gasteiger charge is 2.50. The van der Waals surface area contributed by atoms with E-state index in [4.69, 9.17) is 0 Å². The predicted molar refractivity (Wildman–Crippen MR) is 89.3 cm³/mol. The topological polar surface area (TPSA) is 70.5 Å². The number of hydrogen-bond acceptors (Lipinski definition) is 4. The molecular formula is C17H15BrN2O3. The molecule has 0 aliphatic carbocycles. The largest absolute Gasteiger partial charge is 0.375 e. The van der Waals surface area contributed by atoms with E-state index in [1.54, 1.807) is 36.4 Å². The van der Waals surface area contributed by atoms with Crippen LogP contribution in [0.4, 0.5) is 5.69 Å². The van der Waals surface area contributed by atoms with Crippen LogP contribution in [0.2, 0.25) is 0 Å². The van der Waals surface area contributed by atoms with Crippen molar-refractivity contribution in [1.29, 1.82) is 0 Å². The molecule has 1 aliphatic rings. The quantitative estimate of drug-likeness (QED) is 0.835. The molecule has 1 aliphatic heterocycles. The van der Waals surface area contributed by atoms with Gasteiger partial charge in [0.05, 0.1) is 12.1 Å². The van der Waals surface area contributed by atoms with Gasteiger partial charge in [-0.05, 0) is 37.3 Å². The Morgan fingerprint density at radius 2 is 2.13 bits per heavy atom. The summed E-state index contributed by atoms with van der Waals surface area (Å²) in [6.07, 6.45) is 1.18. The maximum Gasteiger partial charge on any atom is 0.264 e. The van der Waals surface area contributed by atoms with E-state index in [2.05, 4.69) is 20.9 Å². The van der Waals surface area contributed by atoms with E-state index in [1.807, 2.05) is 6.92 Å². The van der Waals surface area contributed by atoms with E-state index in [9.17, 15) is 14.7 Å². The summed E-state index contributed by atoms with van der Waals surface area (Å²) in [6, 6.07) is 10.2. The van der Waals surface area contributed by atoms with Crippen LogP contribution in [0.1, 0.15) is 29.4 Å². The highest BCUT2D eigenvalue weighted by molar-refractivity contribution is 9.10. The average Bonchev–Trinajstić information content (AvgIpc) is 2.76. The molecule has 118 valence electrons. The highest BCUT2D eigenvalue weighted by Crippen LogP contribution is 2.43. The predicted octanol–water partition coefficient (Wildman–Crippen LogP) is 2.67. The number of rotatable bonds is 4. The number of benzene rings is 1. The van der Waals surface area contributed by atoms with Crippen molar-refractivity contribution >= 4 is 33.3 Å². The van der Waals surface area contributed by atoms with Crippen LogP contribution in [-0.2, 0) is 10.4 Å². The van der Waals surface area contributed by atoms with Gasteiger partial charge in [0, 0.05) is 22.8 Å². The second-order valence-electron chi connectivity index (χ2n) is 5.39. The molecule has 0 spiro atoms. The number of aromatic nitrogens is 1. The maximum atomic E-state index is 12.7. The third-order valence-electron chi connectivity index (χ3n) is 3.98. The van der Waals surface area contributed by atoms with E-state index in [1.165, 1.54) is 11.1 Å². The molecule has 0 unspecified atom stereocenters. The van der Waals surface area contributed by atoms with Gasteiger partial charge in [-0.2, -0.15) is 0 Å². The molecule has 0 saturated carbocycles. The number of amides is 1. The van der Waals surface area contributed by atoms with Crippen LogP contribution in [0.3, 0.4) is 0 Å². The van der Waals surface area contributed by atoms with Gasteiger partial charge in [-0.3, -0.25) is 14.6 Å². The molecule has 23 heavy (non-hydrogen) atoms. The van der Waals surface area contributed by atoms with Crippen LogP contribution in [0.25, 0.3) is 0 Å². The Labute approximate surface area is 142 Å². The fourth-order valence-corrected chi connectivity index (χ4v) is 3.22. The molecule has 0 saturated heterocycles. The number of aliphatic hydroxyl groups is 1. The number of halogens is 1. The zero-order valence-corrected chi connectivity index (χ0v) is 14.1. The summed E-state index contributed by atoms with van der Waals surface area (Å²) in [5, 5.41) is 11.0. The lowest BCUT2D eigenvalue weighted by Gasteiger charge is -2.21. The molecule has 3 rings (SSSR count). The Morgan fingerprint density at radius 1 is 1.35 bits per heavy atom. The molecular weight excluding hydrogens is 360 g/mol. The van der Waals surface area contributed by atoms with Crippen LogP contribution in [0, 0.1) is 0 Å². The fraction of sp³-hybridized carbons (Fsp3) is 0.235. The molecule has 2 heterocycles. The first kappa shape index (κ1) is 15.8. The number of Topliss-reactive ketones (excluding diaryl/α,β-unsaturated/α-hetero) is 1. The maximum absolute atomic E-state index is 12.7. The number of ketones is 1. The second-order valence-corrected chi connectivity index (χ2v) is 6.30. The summed E-state index contributed by atoms with van der Waals surface area (Å²) in [6.45, 7) is 2.25. The van der Waals surface area contributed by atoms with Crippen LogP contribution in [-0.4, -0.2) is 28.3 Å². The lowest BCUT2D eigenvalue weighted by molar-refractivity contribution is -0.135. The molecule has 0 radical (unpaired) electrons. The van der Waals surface area contributed by atoms with Crippen molar-refractivity contribution < 1.29 is 14.7 Å². The van der Waals surface area contributed by atoms with Crippen molar-refractivity contribution in [2.24, 2.45) is 0 Å². The third kappa shape index (κ3) is 2.58. The van der Waals surface area contributed by atoms with Gasteiger partial charge in [-0.25, -0.2) is 0 Å². The normalized spacial score (nSPS) is 19.8. The first-order chi connectivity index (χ1) is 11.0. The van der Waals surface area contributed by atoms with Gasteiger partial charge in [0.25, 0.3) is 5.91 Å². The number of carbonyl (C=O) groups is 2. The zero-order valence-electron chi connectivity index (χ0n) is 12.5. The number of anilines is 1. The van der Waals surface area contributed by atoms with Crippen molar-refractivity contribution in [2.75, 3.05) is 11.4 Å². The van der Waals surface area contributed by atoms with E-state index < -0.39 is 11.5 Å². The number of likely N-dealkylation sites (N-methyl/N-ethyl adjacent to an activating group) is 1. The highest BCUT2D eigenvalue weighted by atomic mass is 79.9. The molecule has 1 amide bonds. The average molecular weight is 375 g/mol. The van der Waals surface area contributed by atoms with Crippen molar-refractivity contribution in [3.8, 4) is 0 Å². The van der Waals surface area contributed by atoms with Crippen molar-refractivity contribution in [3.63, 3.8) is 0 Å². The van der Waals surface area contributed by atoms with Gasteiger partial charge in [0.2, 0.25) is 0 Å². The summed E-state index contributed by atoms with van der Waals surface area (Å²) in [5.41, 5.74) is -0.538. The summed E-state index contributed by atoms with van der Waals surface area (Å²) in [5.74, 6) is -0.845. The first-order valence-electron chi connectivity index (χ1n) is 7.26. The van der Waals surface area contributed by atoms with Gasteiger partial charge < -0.3 is 10.0 Å². The minimum atomic E-state index is -1.86. The molecule has 0 bridgehead atoms. The Morgan fingerprint density at radius 3 is 2.78 bits per heavy atom. The molecule has 6 heteroatoms. The van der Waals surface area contributed by atoms with E-state index in [-0.39, 0.29) is 17.9 Å². The number of hydrogen-bond donors (Lipinski definition) is 1. The van der Waals surface area contributed by atoms with Crippen LogP contribution in [0.5, 0.6) is 0 Å². The lowest BCUT2D eigenvalue weighted by Crippen LogP contribution is -2.41. The third-order valence-corrected chi connectivity index (χ3v) is 4.47. The molecule has 1 N–H and O–H groups in total. The molecule has 1 aromatic heterocycles. The zero-order chi connectivity index (χ0) is 16.6. The molecule has 1 aromatic carbocycles. The summed E-state index contributed by atoms with van der Waals surface area (Å²) < 4.78 is 0.741. The Kier molecular flexibility index (Phi) is 4.04. The molecule has 0 fully saturated rings. The van der Waals surface area contributed by atoms with Gasteiger partial charge in [-0.15, -0.1) is 0 Å². The monoisotopic (exact) mass is 374 g/mol. The van der Waals surface area contributed by atoms with E-state index in [0.717, 1.165) is 4.47 Å². The van der Waals surface area contributed by atoms with Crippen molar-refractivity contribution in [2.45, 2.75) is 18.9 Å². The number of pyridine rings is 1. The minimum Gasteiger partial charge on any atom is -0.375 e. The van der Waals surface area contributed by atoms with Crippen LogP contribution < -0.4 is 4.90 Å². The lowest BCUT2D eigenvalue weighted by atomic mass is 9.89. The summed E-state index contributed by atoms with van der Waals surface area (Å²) >= 11 is 3.35. The van der Waals surface area contributed by atoms with Gasteiger partial charge in [0.15, 0.2) is 11.4 Å². The first-order valence-corrected chi connectivity index (χ1v) is 8.05. The number of nitrogens with zero attached hydrogens (tertiary/aromatic N) is 2. The van der Waals surface area contributed by atoms with Crippen LogP contribution >= 0.6 is 15.9 Å². The van der Waals surface area contributed by atoms with Crippen LogP contribution in [0.15, 0.2) is 47.1 Å². The standard InChI is InChI=1S/C17H15BrN2O3/c1-2-20-14-7-6-11(18)9-12(14)17(23,16(20)22)10-15(21)13-5-3-4-8-19-13/h3-9,23H,2,10H2,1H3/t17-/m0/s1. The summed E-state index contributed by atoms with van der Waals surface area (Å²) in [4.78, 5) is 30.6. The van der Waals surface area contributed by atoms with Crippen molar-refractivity contribution in [1.82, 2.24) is 4.98 Å². The number of fused-ring (bicyclic) bond motifs is 1. The Bertz CT molecular complexity index is 779.